The minimum Gasteiger partial charge on any atom is -0.481 e. The number of nitrogens with zero attached hydrogens (tertiary/aromatic N) is 3. The molecule has 32 heavy (non-hydrogen) atoms. The average molecular weight is 432 g/mol. The maximum Gasteiger partial charge on any atom is 0.307 e. The Labute approximate surface area is 188 Å². The van der Waals surface area contributed by atoms with E-state index in [1.807, 2.05) is 12.1 Å². The van der Waals surface area contributed by atoms with E-state index in [4.69, 9.17) is 9.63 Å². The summed E-state index contributed by atoms with van der Waals surface area (Å²) in [7, 11) is 0. The van der Waals surface area contributed by atoms with Crippen molar-refractivity contribution in [1.29, 1.82) is 0 Å². The predicted molar refractivity (Wildman–Crippen MR) is 122 cm³/mol. The van der Waals surface area contributed by atoms with Crippen molar-refractivity contribution >= 4 is 5.97 Å². The SMILES string of the molecule is O=C(O)[C@@H]1CCN(Cc2ccc(-c3noc(-c4ccc(C5CCCCC5)cc4)n3)cc2)C1. The van der Waals surface area contributed by atoms with Crippen LogP contribution in [0.15, 0.2) is 53.1 Å². The van der Waals surface area contributed by atoms with Crippen molar-refractivity contribution < 1.29 is 14.4 Å². The molecule has 2 aliphatic rings. The highest BCUT2D eigenvalue weighted by atomic mass is 16.5. The Morgan fingerprint density at radius 1 is 0.969 bits per heavy atom. The van der Waals surface area contributed by atoms with Gasteiger partial charge in [-0.3, -0.25) is 9.69 Å². The highest BCUT2D eigenvalue weighted by Gasteiger charge is 2.27. The predicted octanol–water partition coefficient (Wildman–Crippen LogP) is 5.36. The van der Waals surface area contributed by atoms with E-state index >= 15 is 0 Å². The van der Waals surface area contributed by atoms with E-state index in [-0.39, 0.29) is 5.92 Å². The third-order valence-corrected chi connectivity index (χ3v) is 6.90. The number of carboxylic acids is 1. The molecule has 1 aliphatic carbocycles. The molecule has 0 unspecified atom stereocenters. The first-order chi connectivity index (χ1) is 15.7. The fraction of sp³-hybridized carbons (Fsp3) is 0.423. The second kappa shape index (κ2) is 9.25. The smallest absolute Gasteiger partial charge is 0.307 e. The number of hydrogen-bond donors (Lipinski definition) is 1. The lowest BCUT2D eigenvalue weighted by Gasteiger charge is -2.21. The number of benzene rings is 2. The Morgan fingerprint density at radius 2 is 1.69 bits per heavy atom. The highest BCUT2D eigenvalue weighted by molar-refractivity contribution is 5.70. The van der Waals surface area contributed by atoms with Crippen molar-refractivity contribution in [2.45, 2.75) is 51.0 Å². The second-order valence-electron chi connectivity index (χ2n) is 9.14. The number of rotatable bonds is 6. The topological polar surface area (TPSA) is 79.5 Å². The molecule has 1 atom stereocenters. The van der Waals surface area contributed by atoms with Crippen LogP contribution in [0.25, 0.3) is 22.8 Å². The van der Waals surface area contributed by atoms with E-state index < -0.39 is 5.97 Å². The summed E-state index contributed by atoms with van der Waals surface area (Å²) >= 11 is 0. The van der Waals surface area contributed by atoms with Crippen LogP contribution in [0.5, 0.6) is 0 Å². The zero-order valence-electron chi connectivity index (χ0n) is 18.2. The Balaban J connectivity index is 1.23. The zero-order valence-corrected chi connectivity index (χ0v) is 18.2. The van der Waals surface area contributed by atoms with Gasteiger partial charge in [0.05, 0.1) is 5.92 Å². The molecule has 2 aromatic carbocycles. The van der Waals surface area contributed by atoms with Gasteiger partial charge in [0.15, 0.2) is 0 Å². The Hall–Kier alpha value is -2.99. The normalized spacial score (nSPS) is 19.9. The van der Waals surface area contributed by atoms with Crippen LogP contribution in [0.4, 0.5) is 0 Å². The largest absolute Gasteiger partial charge is 0.481 e. The van der Waals surface area contributed by atoms with Crippen LogP contribution in [-0.2, 0) is 11.3 Å². The summed E-state index contributed by atoms with van der Waals surface area (Å²) in [4.78, 5) is 17.9. The molecular weight excluding hydrogens is 402 g/mol. The van der Waals surface area contributed by atoms with Crippen molar-refractivity contribution in [3.63, 3.8) is 0 Å². The first-order valence-electron chi connectivity index (χ1n) is 11.6. The summed E-state index contributed by atoms with van der Waals surface area (Å²) in [5.41, 5.74) is 4.42. The summed E-state index contributed by atoms with van der Waals surface area (Å²) in [6, 6.07) is 16.7. The van der Waals surface area contributed by atoms with E-state index in [2.05, 4.69) is 51.4 Å². The average Bonchev–Trinajstić information content (AvgIpc) is 3.51. The molecule has 0 bridgehead atoms. The van der Waals surface area contributed by atoms with Crippen LogP contribution in [0.1, 0.15) is 55.6 Å². The molecule has 166 valence electrons. The van der Waals surface area contributed by atoms with Crippen molar-refractivity contribution in [2.24, 2.45) is 5.92 Å². The van der Waals surface area contributed by atoms with E-state index in [1.54, 1.807) is 0 Å². The molecule has 6 heteroatoms. The van der Waals surface area contributed by atoms with E-state index in [0.717, 1.165) is 36.2 Å². The van der Waals surface area contributed by atoms with Crippen LogP contribution in [0, 0.1) is 5.92 Å². The molecule has 0 radical (unpaired) electrons. The minimum absolute atomic E-state index is 0.247. The van der Waals surface area contributed by atoms with Gasteiger partial charge in [-0.05, 0) is 55.0 Å². The highest BCUT2D eigenvalue weighted by Crippen LogP contribution is 2.33. The lowest BCUT2D eigenvalue weighted by Crippen LogP contribution is -2.22. The zero-order chi connectivity index (χ0) is 21.9. The molecule has 1 aliphatic heterocycles. The van der Waals surface area contributed by atoms with E-state index in [9.17, 15) is 4.79 Å². The fourth-order valence-electron chi connectivity index (χ4n) is 4.99. The maximum absolute atomic E-state index is 11.1. The number of carboxylic acid groups (broad SMARTS) is 1. The first kappa shape index (κ1) is 20.9. The molecule has 1 saturated carbocycles. The van der Waals surface area contributed by atoms with Gasteiger partial charge in [0.2, 0.25) is 5.82 Å². The molecule has 2 heterocycles. The van der Waals surface area contributed by atoms with Crippen molar-refractivity contribution in [1.82, 2.24) is 15.0 Å². The van der Waals surface area contributed by atoms with Crippen LogP contribution in [0.3, 0.4) is 0 Å². The summed E-state index contributed by atoms with van der Waals surface area (Å²) in [6.07, 6.45) is 7.33. The molecule has 0 amide bonds. The monoisotopic (exact) mass is 431 g/mol. The second-order valence-corrected chi connectivity index (χ2v) is 9.14. The number of hydrogen-bond acceptors (Lipinski definition) is 5. The molecule has 2 fully saturated rings. The summed E-state index contributed by atoms with van der Waals surface area (Å²) in [5.74, 6) is 0.861. The number of aliphatic carboxylic acids is 1. The molecule has 1 saturated heterocycles. The van der Waals surface area contributed by atoms with Gasteiger partial charge < -0.3 is 9.63 Å². The number of carbonyl (C=O) groups is 1. The molecule has 3 aromatic rings. The standard InChI is InChI=1S/C26H29N3O3/c30-26(31)23-14-15-29(17-23)16-18-6-8-21(9-7-18)24-27-25(32-28-24)22-12-10-20(11-13-22)19-4-2-1-3-5-19/h6-13,19,23H,1-5,14-17H2,(H,30,31)/t23-/m1/s1. The van der Waals surface area contributed by atoms with Crippen molar-refractivity contribution in [2.75, 3.05) is 13.1 Å². The van der Waals surface area contributed by atoms with Gasteiger partial charge in [-0.25, -0.2) is 0 Å². The summed E-state index contributed by atoms with van der Waals surface area (Å²) in [5, 5.41) is 13.3. The van der Waals surface area contributed by atoms with Gasteiger partial charge >= 0.3 is 5.97 Å². The third kappa shape index (κ3) is 4.60. The lowest BCUT2D eigenvalue weighted by molar-refractivity contribution is -0.141. The third-order valence-electron chi connectivity index (χ3n) is 6.90. The van der Waals surface area contributed by atoms with Gasteiger partial charge in [-0.15, -0.1) is 0 Å². The van der Waals surface area contributed by atoms with Gasteiger partial charge in [-0.1, -0.05) is 60.8 Å². The lowest BCUT2D eigenvalue weighted by atomic mass is 9.84. The minimum atomic E-state index is -0.695. The summed E-state index contributed by atoms with van der Waals surface area (Å²) < 4.78 is 5.54. The number of likely N-dealkylation sites (tertiary alicyclic amines) is 1. The van der Waals surface area contributed by atoms with Crippen LogP contribution < -0.4 is 0 Å². The van der Waals surface area contributed by atoms with Crippen LogP contribution in [-0.4, -0.2) is 39.2 Å². The fourth-order valence-corrected chi connectivity index (χ4v) is 4.99. The molecule has 0 spiro atoms. The van der Waals surface area contributed by atoms with Gasteiger partial charge in [0, 0.05) is 24.2 Å². The molecular formula is C26H29N3O3. The molecule has 1 N–H and O–H groups in total. The molecule has 5 rings (SSSR count). The van der Waals surface area contributed by atoms with Crippen molar-refractivity contribution in [3.05, 3.63) is 59.7 Å². The van der Waals surface area contributed by atoms with Gasteiger partial charge in [0.1, 0.15) is 0 Å². The molecule has 6 nitrogen and oxygen atoms in total. The number of aromatic nitrogens is 2. The Bertz CT molecular complexity index is 1050. The van der Waals surface area contributed by atoms with Crippen LogP contribution >= 0.6 is 0 Å². The van der Waals surface area contributed by atoms with E-state index in [0.29, 0.717) is 24.2 Å². The van der Waals surface area contributed by atoms with E-state index in [1.165, 1.54) is 37.7 Å². The van der Waals surface area contributed by atoms with Gasteiger partial charge in [0.25, 0.3) is 5.89 Å². The Morgan fingerprint density at radius 3 is 2.38 bits per heavy atom. The Kier molecular flexibility index (Phi) is 6.04. The molecule has 1 aromatic heterocycles. The summed E-state index contributed by atoms with van der Waals surface area (Å²) in [6.45, 7) is 2.20. The quantitative estimate of drug-likeness (QED) is 0.566. The maximum atomic E-state index is 11.1. The first-order valence-corrected chi connectivity index (χ1v) is 11.6. The van der Waals surface area contributed by atoms with Crippen molar-refractivity contribution in [3.8, 4) is 22.8 Å². The van der Waals surface area contributed by atoms with Gasteiger partial charge in [-0.2, -0.15) is 4.98 Å². The van der Waals surface area contributed by atoms with Crippen LogP contribution in [0.2, 0.25) is 0 Å².